The van der Waals surface area contributed by atoms with Crippen LogP contribution in [0.3, 0.4) is 0 Å². The lowest BCUT2D eigenvalue weighted by molar-refractivity contribution is -0.133. The van der Waals surface area contributed by atoms with E-state index in [1.54, 1.807) is 6.07 Å². The van der Waals surface area contributed by atoms with E-state index in [-0.39, 0.29) is 18.0 Å². The van der Waals surface area contributed by atoms with Crippen molar-refractivity contribution in [2.24, 2.45) is 0 Å². The maximum atomic E-state index is 12.9. The molecule has 1 fully saturated rings. The summed E-state index contributed by atoms with van der Waals surface area (Å²) < 4.78 is 1.86. The second-order valence-electron chi connectivity index (χ2n) is 9.24. The minimum absolute atomic E-state index is 0.0463. The van der Waals surface area contributed by atoms with E-state index in [1.165, 1.54) is 5.57 Å². The molecular weight excluding hydrogens is 481 g/mol. The number of carbonyl (C=O) groups excluding carboxylic acids is 1. The molecule has 0 bridgehead atoms. The normalized spacial score (nSPS) is 19.3. The van der Waals surface area contributed by atoms with Crippen molar-refractivity contribution in [1.29, 1.82) is 5.26 Å². The third-order valence-corrected chi connectivity index (χ3v) is 7.66. The first-order chi connectivity index (χ1) is 17.0. The molecule has 5 rings (SSSR count). The predicted octanol–water partition coefficient (Wildman–Crippen LogP) is 5.58. The van der Waals surface area contributed by atoms with Gasteiger partial charge in [0.25, 0.3) is 0 Å². The molecule has 35 heavy (non-hydrogen) atoms. The third-order valence-electron chi connectivity index (χ3n) is 7.09. The Hall–Kier alpha value is -2.85. The van der Waals surface area contributed by atoms with Crippen LogP contribution in [-0.4, -0.2) is 46.3 Å². The fourth-order valence-electron chi connectivity index (χ4n) is 5.10. The van der Waals surface area contributed by atoms with E-state index < -0.39 is 0 Å². The number of hydrogen-bond donors (Lipinski definition) is 1. The molecule has 3 aromatic rings. The summed E-state index contributed by atoms with van der Waals surface area (Å²) in [6.07, 6.45) is 6.11. The number of rotatable bonds is 4. The highest BCUT2D eigenvalue weighted by Crippen LogP contribution is 2.33. The van der Waals surface area contributed by atoms with Gasteiger partial charge in [0.1, 0.15) is 6.07 Å². The van der Waals surface area contributed by atoms with Crippen LogP contribution in [0.1, 0.15) is 55.5 Å². The maximum Gasteiger partial charge on any atom is 0.239 e. The number of nitrogens with one attached hydrogen (secondary N) is 1. The van der Waals surface area contributed by atoms with Gasteiger partial charge in [-0.15, -0.1) is 0 Å². The van der Waals surface area contributed by atoms with Crippen LogP contribution < -0.4 is 5.32 Å². The van der Waals surface area contributed by atoms with Crippen LogP contribution in [0.4, 0.5) is 0 Å². The number of carbonyl (C=O) groups is 1. The number of halogens is 2. The highest BCUT2D eigenvalue weighted by atomic mass is 35.5. The van der Waals surface area contributed by atoms with Crippen molar-refractivity contribution in [3.05, 3.63) is 69.3 Å². The van der Waals surface area contributed by atoms with Crippen molar-refractivity contribution >= 4 is 45.6 Å². The van der Waals surface area contributed by atoms with Gasteiger partial charge in [-0.3, -0.25) is 9.48 Å². The maximum absolute atomic E-state index is 12.9. The second-order valence-corrected chi connectivity index (χ2v) is 10.1. The smallest absolute Gasteiger partial charge is 0.239 e. The Kier molecular flexibility index (Phi) is 6.84. The van der Waals surface area contributed by atoms with Gasteiger partial charge in [-0.1, -0.05) is 47.8 Å². The fraction of sp³-hybridized carbons (Fsp3) is 0.370. The quantitative estimate of drug-likeness (QED) is 0.499. The lowest BCUT2D eigenvalue weighted by Gasteiger charge is -2.32. The number of benzene rings is 2. The van der Waals surface area contributed by atoms with E-state index in [1.807, 2.05) is 40.8 Å². The molecular formula is C27H27Cl2N5O. The van der Waals surface area contributed by atoms with Gasteiger partial charge in [0, 0.05) is 28.5 Å². The molecule has 0 spiro atoms. The van der Waals surface area contributed by atoms with Crippen LogP contribution in [0, 0.1) is 11.3 Å². The minimum atomic E-state index is -0.184. The molecule has 2 aromatic carbocycles. The van der Waals surface area contributed by atoms with Gasteiger partial charge in [0.2, 0.25) is 5.91 Å². The average molecular weight is 508 g/mol. The Morgan fingerprint density at radius 3 is 2.77 bits per heavy atom. The number of nitriles is 1. The summed E-state index contributed by atoms with van der Waals surface area (Å²) >= 11 is 12.6. The van der Waals surface area contributed by atoms with Crippen LogP contribution in [0.15, 0.2) is 42.5 Å². The molecule has 2 atom stereocenters. The second kappa shape index (κ2) is 10.0. The van der Waals surface area contributed by atoms with Crippen molar-refractivity contribution in [2.75, 3.05) is 19.6 Å². The van der Waals surface area contributed by atoms with Crippen LogP contribution >= 0.6 is 23.2 Å². The molecule has 3 heterocycles. The standard InChI is InChI=1S/C27H27Cl2N5O/c1-17(21-8-6-20(28)15-23(21)29)34-26-14-19(5-7-22(26)25(16-30)32-34)18-9-12-33(13-10-18)27(35)24-4-2-3-11-31-24/h5-9,14-15,17,24,31H,2-4,10-13H2,1H3/t17?,24-/m1/s1. The molecule has 180 valence electrons. The topological polar surface area (TPSA) is 74.0 Å². The van der Waals surface area contributed by atoms with Crippen molar-refractivity contribution < 1.29 is 4.79 Å². The number of amides is 1. The van der Waals surface area contributed by atoms with Gasteiger partial charge in [0.15, 0.2) is 5.69 Å². The molecule has 6 nitrogen and oxygen atoms in total. The average Bonchev–Trinajstić information content (AvgIpc) is 3.26. The first-order valence-electron chi connectivity index (χ1n) is 12.0. The van der Waals surface area contributed by atoms with Crippen LogP contribution in [0.2, 0.25) is 10.0 Å². The summed E-state index contributed by atoms with van der Waals surface area (Å²) in [7, 11) is 0. The van der Waals surface area contributed by atoms with Gasteiger partial charge < -0.3 is 10.2 Å². The Morgan fingerprint density at radius 2 is 2.09 bits per heavy atom. The molecule has 2 aliphatic heterocycles. The van der Waals surface area contributed by atoms with Crippen LogP contribution in [0.25, 0.3) is 16.5 Å². The van der Waals surface area contributed by atoms with Crippen LogP contribution in [-0.2, 0) is 4.79 Å². The van der Waals surface area contributed by atoms with Crippen molar-refractivity contribution in [1.82, 2.24) is 20.0 Å². The molecule has 1 unspecified atom stereocenters. The zero-order valence-electron chi connectivity index (χ0n) is 19.6. The zero-order chi connectivity index (χ0) is 24.5. The third kappa shape index (κ3) is 4.69. The number of aromatic nitrogens is 2. The summed E-state index contributed by atoms with van der Waals surface area (Å²) in [4.78, 5) is 14.8. The van der Waals surface area contributed by atoms with E-state index in [0.29, 0.717) is 28.8 Å². The number of piperidine rings is 1. The van der Waals surface area contributed by atoms with Gasteiger partial charge in [-0.25, -0.2) is 0 Å². The van der Waals surface area contributed by atoms with Crippen molar-refractivity contribution in [3.63, 3.8) is 0 Å². The monoisotopic (exact) mass is 507 g/mol. The summed E-state index contributed by atoms with van der Waals surface area (Å²) in [6, 6.07) is 13.5. The zero-order valence-corrected chi connectivity index (χ0v) is 21.1. The molecule has 8 heteroatoms. The lowest BCUT2D eigenvalue weighted by atomic mass is 9.97. The Labute approximate surface area is 215 Å². The van der Waals surface area contributed by atoms with Gasteiger partial charge in [-0.05, 0) is 73.7 Å². The SMILES string of the molecule is CC(c1ccc(Cl)cc1Cl)n1nc(C#N)c2ccc(C3=CCN(C(=O)[C@H]4CCCCN4)CC3)cc21. The summed E-state index contributed by atoms with van der Waals surface area (Å²) in [5.41, 5.74) is 4.44. The predicted molar refractivity (Wildman–Crippen MR) is 140 cm³/mol. The van der Waals surface area contributed by atoms with Crippen LogP contribution in [0.5, 0.6) is 0 Å². The summed E-state index contributed by atoms with van der Waals surface area (Å²) in [5.74, 6) is 0.209. The largest absolute Gasteiger partial charge is 0.337 e. The van der Waals surface area contributed by atoms with E-state index in [0.717, 1.165) is 54.3 Å². The summed E-state index contributed by atoms with van der Waals surface area (Å²) in [6.45, 7) is 4.26. The molecule has 1 N–H and O–H groups in total. The minimum Gasteiger partial charge on any atom is -0.337 e. The molecule has 1 amide bonds. The first-order valence-corrected chi connectivity index (χ1v) is 12.8. The number of nitrogens with zero attached hydrogens (tertiary/aromatic N) is 4. The number of hydrogen-bond acceptors (Lipinski definition) is 4. The Balaban J connectivity index is 1.44. The summed E-state index contributed by atoms with van der Waals surface area (Å²) in [5, 5.41) is 19.6. The van der Waals surface area contributed by atoms with Gasteiger partial charge >= 0.3 is 0 Å². The van der Waals surface area contributed by atoms with E-state index >= 15 is 0 Å². The molecule has 1 aromatic heterocycles. The van der Waals surface area contributed by atoms with E-state index in [9.17, 15) is 10.1 Å². The van der Waals surface area contributed by atoms with Crippen molar-refractivity contribution in [2.45, 2.75) is 44.7 Å². The van der Waals surface area contributed by atoms with Crippen molar-refractivity contribution in [3.8, 4) is 6.07 Å². The molecule has 0 aliphatic carbocycles. The molecule has 2 aliphatic rings. The molecule has 1 saturated heterocycles. The van der Waals surface area contributed by atoms with E-state index in [2.05, 4.69) is 28.6 Å². The highest BCUT2D eigenvalue weighted by Gasteiger charge is 2.27. The first kappa shape index (κ1) is 23.9. The van der Waals surface area contributed by atoms with E-state index in [4.69, 9.17) is 23.2 Å². The van der Waals surface area contributed by atoms with Gasteiger partial charge in [0.05, 0.1) is 17.6 Å². The van der Waals surface area contributed by atoms with Gasteiger partial charge in [-0.2, -0.15) is 10.4 Å². The Morgan fingerprint density at radius 1 is 1.23 bits per heavy atom. The number of fused-ring (bicyclic) bond motifs is 1. The molecule has 0 saturated carbocycles. The Bertz CT molecular complexity index is 1350. The highest BCUT2D eigenvalue weighted by molar-refractivity contribution is 6.35. The fourth-order valence-corrected chi connectivity index (χ4v) is 5.67. The molecule has 0 radical (unpaired) electrons. The lowest BCUT2D eigenvalue weighted by Crippen LogP contribution is -2.49.